The van der Waals surface area contributed by atoms with E-state index in [9.17, 15) is 10.2 Å². The van der Waals surface area contributed by atoms with E-state index in [4.69, 9.17) is 14.9 Å². The van der Waals surface area contributed by atoms with E-state index in [0.717, 1.165) is 0 Å². The molecule has 0 aromatic rings. The molecule has 0 amide bonds. The molecule has 1 aliphatic heterocycles. The van der Waals surface area contributed by atoms with Crippen LogP contribution in [0.1, 0.15) is 0 Å². The minimum absolute atomic E-state index is 0. The monoisotopic (exact) mass is 220 g/mol. The molecule has 1 fully saturated rings. The summed E-state index contributed by atoms with van der Waals surface area (Å²) in [5, 5.41) is 36.2. The van der Waals surface area contributed by atoms with Crippen molar-refractivity contribution in [1.29, 1.82) is 0 Å². The van der Waals surface area contributed by atoms with E-state index < -0.39 is 36.5 Å². The number of thiol groups is 1. The van der Waals surface area contributed by atoms with Crippen molar-refractivity contribution in [3.05, 3.63) is 0 Å². The second kappa shape index (κ2) is 5.89. The van der Waals surface area contributed by atoms with Gasteiger partial charge in [-0.3, -0.25) is 0 Å². The summed E-state index contributed by atoms with van der Waals surface area (Å²) < 4.78 is 4.88. The average molecular weight is 220 g/mol. The van der Waals surface area contributed by atoms with Crippen molar-refractivity contribution in [3.63, 3.8) is 0 Å². The van der Waals surface area contributed by atoms with Crippen molar-refractivity contribution < 1.29 is 25.2 Å². The van der Waals surface area contributed by atoms with E-state index in [1.165, 1.54) is 0 Å². The molecule has 1 aliphatic rings. The molecule has 0 saturated carbocycles. The van der Waals surface area contributed by atoms with Crippen molar-refractivity contribution in [2.45, 2.75) is 29.9 Å². The van der Waals surface area contributed by atoms with E-state index in [2.05, 4.69) is 12.6 Å². The Morgan fingerprint density at radius 2 is 1.62 bits per heavy atom. The van der Waals surface area contributed by atoms with Crippen LogP contribution in [0.25, 0.3) is 0 Å². The predicted molar refractivity (Wildman–Crippen MR) is 49.9 cm³/mol. The van der Waals surface area contributed by atoms with Crippen LogP contribution >= 0.6 is 12.6 Å². The third kappa shape index (κ3) is 3.05. The molecule has 1 rings (SSSR count). The van der Waals surface area contributed by atoms with Gasteiger partial charge >= 0.3 is 29.6 Å². The maximum absolute atomic E-state index is 9.20. The van der Waals surface area contributed by atoms with Gasteiger partial charge in [-0.1, -0.05) is 0 Å². The first kappa shape index (κ1) is 14.2. The zero-order valence-corrected chi connectivity index (χ0v) is 7.13. The Hall–Kier alpha value is 1.15. The summed E-state index contributed by atoms with van der Waals surface area (Å²) in [6.07, 6.45) is -4.70. The SMILES string of the molecule is OC[C@H]1O[C@@H](S)[C@H](O)[C@@H](O)[C@H]1O.[NaH]. The molecule has 1 saturated heterocycles. The van der Waals surface area contributed by atoms with Gasteiger partial charge in [0.25, 0.3) is 0 Å². The fourth-order valence-electron chi connectivity index (χ4n) is 1.08. The Balaban J connectivity index is 0.00000144. The maximum atomic E-state index is 9.20. The topological polar surface area (TPSA) is 90.2 Å². The minimum atomic E-state index is -1.32. The summed E-state index contributed by atoms with van der Waals surface area (Å²) in [5.41, 5.74) is -0.874. The van der Waals surface area contributed by atoms with E-state index in [1.54, 1.807) is 0 Å². The number of aliphatic hydroxyl groups excluding tert-OH is 4. The van der Waals surface area contributed by atoms with Crippen LogP contribution < -0.4 is 0 Å². The first-order chi connectivity index (χ1) is 5.57. The Morgan fingerprint density at radius 3 is 2.08 bits per heavy atom. The van der Waals surface area contributed by atoms with E-state index in [1.807, 2.05) is 0 Å². The molecule has 74 valence electrons. The third-order valence-electron chi connectivity index (χ3n) is 1.87. The van der Waals surface area contributed by atoms with Gasteiger partial charge in [0, 0.05) is 0 Å². The van der Waals surface area contributed by atoms with Gasteiger partial charge in [-0.2, -0.15) is 0 Å². The summed E-state index contributed by atoms with van der Waals surface area (Å²) in [6, 6.07) is 0. The molecule has 0 aromatic heterocycles. The summed E-state index contributed by atoms with van der Waals surface area (Å²) in [4.78, 5) is 0. The summed E-state index contributed by atoms with van der Waals surface area (Å²) >= 11 is 3.81. The van der Waals surface area contributed by atoms with Crippen LogP contribution in [-0.2, 0) is 4.74 Å². The van der Waals surface area contributed by atoms with E-state index >= 15 is 0 Å². The average Bonchev–Trinajstić information content (AvgIpc) is 2.08. The van der Waals surface area contributed by atoms with Gasteiger partial charge in [-0.25, -0.2) is 0 Å². The van der Waals surface area contributed by atoms with Crippen molar-refractivity contribution >= 4 is 42.2 Å². The van der Waals surface area contributed by atoms with Crippen LogP contribution in [0.3, 0.4) is 0 Å². The van der Waals surface area contributed by atoms with Crippen LogP contribution in [-0.4, -0.2) is 86.4 Å². The van der Waals surface area contributed by atoms with E-state index in [0.29, 0.717) is 0 Å². The van der Waals surface area contributed by atoms with Crippen LogP contribution in [0, 0.1) is 0 Å². The standard InChI is InChI=1S/C6H12O5S.Na.H/c7-1-2-3(8)4(9)5(10)6(12)11-2;;/h2-10,12H,1H2;;/t2-,3+,4+,5-,6+;;/m1../s1. The third-order valence-corrected chi connectivity index (χ3v) is 2.29. The van der Waals surface area contributed by atoms with Crippen molar-refractivity contribution in [1.82, 2.24) is 0 Å². The second-order valence-electron chi connectivity index (χ2n) is 2.72. The molecule has 0 bridgehead atoms. The Labute approximate surface area is 103 Å². The number of hydrogen-bond acceptors (Lipinski definition) is 6. The van der Waals surface area contributed by atoms with Crippen LogP contribution in [0.15, 0.2) is 0 Å². The molecule has 4 N–H and O–H groups in total. The number of aliphatic hydroxyl groups is 4. The molecule has 5 atom stereocenters. The van der Waals surface area contributed by atoms with E-state index in [-0.39, 0.29) is 29.6 Å². The van der Waals surface area contributed by atoms with Gasteiger partial charge in [0.2, 0.25) is 0 Å². The fraction of sp³-hybridized carbons (Fsp3) is 1.00. The zero-order valence-electron chi connectivity index (χ0n) is 6.24. The number of hydrogen-bond donors (Lipinski definition) is 5. The van der Waals surface area contributed by atoms with Crippen LogP contribution in [0.4, 0.5) is 0 Å². The molecular formula is C6H13NaO5S. The first-order valence-corrected chi connectivity index (χ1v) is 4.08. The molecule has 13 heavy (non-hydrogen) atoms. The molecule has 1 heterocycles. The van der Waals surface area contributed by atoms with Gasteiger partial charge in [0.15, 0.2) is 0 Å². The number of ether oxygens (including phenoxy) is 1. The van der Waals surface area contributed by atoms with Gasteiger partial charge in [-0.05, 0) is 0 Å². The Morgan fingerprint density at radius 1 is 1.08 bits per heavy atom. The molecule has 7 heteroatoms. The van der Waals surface area contributed by atoms with Gasteiger partial charge < -0.3 is 25.2 Å². The van der Waals surface area contributed by atoms with Crippen molar-refractivity contribution in [2.24, 2.45) is 0 Å². The molecular weight excluding hydrogens is 207 g/mol. The molecule has 0 radical (unpaired) electrons. The second-order valence-corrected chi connectivity index (χ2v) is 3.23. The molecule has 0 unspecified atom stereocenters. The fourth-order valence-corrected chi connectivity index (χ4v) is 1.41. The summed E-state index contributed by atoms with van der Waals surface area (Å²) in [6.45, 7) is -0.415. The molecule has 5 nitrogen and oxygen atoms in total. The summed E-state index contributed by atoms with van der Waals surface area (Å²) in [5.74, 6) is 0. The normalized spacial score (nSPS) is 45.5. The Bertz CT molecular complexity index is 155. The van der Waals surface area contributed by atoms with Gasteiger partial charge in [0.1, 0.15) is 29.9 Å². The molecule has 0 aliphatic carbocycles. The van der Waals surface area contributed by atoms with Gasteiger partial charge in [-0.15, -0.1) is 12.6 Å². The zero-order chi connectivity index (χ0) is 9.30. The molecule has 0 aromatic carbocycles. The van der Waals surface area contributed by atoms with Crippen LogP contribution in [0.5, 0.6) is 0 Å². The Kier molecular flexibility index (Phi) is 6.41. The first-order valence-electron chi connectivity index (χ1n) is 3.56. The van der Waals surface area contributed by atoms with Crippen molar-refractivity contribution in [2.75, 3.05) is 6.61 Å². The van der Waals surface area contributed by atoms with Gasteiger partial charge in [0.05, 0.1) is 6.61 Å². The van der Waals surface area contributed by atoms with Crippen LogP contribution in [0.2, 0.25) is 0 Å². The molecule has 0 spiro atoms. The quantitative estimate of drug-likeness (QED) is 0.241. The predicted octanol–water partition coefficient (Wildman–Crippen LogP) is -2.93. The summed E-state index contributed by atoms with van der Waals surface area (Å²) in [7, 11) is 0. The van der Waals surface area contributed by atoms with Crippen molar-refractivity contribution in [3.8, 4) is 0 Å². The number of rotatable bonds is 1.